The molecule has 1 aromatic rings. The standard InChI is InChI=1S/C12H14N4O3/c17-10-8-16(5-1-4-13-10)12-14-6-9(7-15-12)2-3-11(18)19/h2-3,6-7H,1,4-5,8H2,(H,13,17)(H,18,19)/b3-2+. The SMILES string of the molecule is O=C(O)/C=C/c1cnc(N2CCCNC(=O)C2)nc1. The fraction of sp³-hybridized carbons (Fsp3) is 0.333. The molecule has 2 rings (SSSR count). The Hall–Kier alpha value is -2.44. The molecule has 0 spiro atoms. The molecule has 1 aliphatic rings. The Morgan fingerprint density at radius 3 is 2.84 bits per heavy atom. The van der Waals surface area contributed by atoms with Crippen LogP contribution in [0.3, 0.4) is 0 Å². The molecular formula is C12H14N4O3. The van der Waals surface area contributed by atoms with E-state index in [4.69, 9.17) is 5.11 Å². The normalized spacial score (nSPS) is 16.2. The van der Waals surface area contributed by atoms with Crippen molar-refractivity contribution in [2.75, 3.05) is 24.5 Å². The Bertz CT molecular complexity index is 498. The molecule has 7 nitrogen and oxygen atoms in total. The van der Waals surface area contributed by atoms with Gasteiger partial charge in [0.15, 0.2) is 0 Å². The minimum atomic E-state index is -1.02. The largest absolute Gasteiger partial charge is 0.478 e. The smallest absolute Gasteiger partial charge is 0.328 e. The summed E-state index contributed by atoms with van der Waals surface area (Å²) in [7, 11) is 0. The van der Waals surface area contributed by atoms with Crippen LogP contribution in [0.15, 0.2) is 18.5 Å². The fourth-order valence-electron chi connectivity index (χ4n) is 1.72. The number of aromatic nitrogens is 2. The van der Waals surface area contributed by atoms with Crippen LogP contribution in [0.5, 0.6) is 0 Å². The van der Waals surface area contributed by atoms with Crippen molar-refractivity contribution in [3.05, 3.63) is 24.0 Å². The highest BCUT2D eigenvalue weighted by molar-refractivity contribution is 5.85. The number of carbonyl (C=O) groups excluding carboxylic acids is 1. The number of carboxylic acid groups (broad SMARTS) is 1. The molecule has 100 valence electrons. The average Bonchev–Trinajstić information content (AvgIpc) is 2.62. The van der Waals surface area contributed by atoms with Gasteiger partial charge in [0.1, 0.15) is 0 Å². The summed E-state index contributed by atoms with van der Waals surface area (Å²) in [6.45, 7) is 1.61. The Morgan fingerprint density at radius 2 is 2.16 bits per heavy atom. The summed E-state index contributed by atoms with van der Waals surface area (Å²) in [5.74, 6) is -0.589. The molecular weight excluding hydrogens is 248 g/mol. The van der Waals surface area contributed by atoms with Gasteiger partial charge in [0.05, 0.1) is 6.54 Å². The van der Waals surface area contributed by atoms with Crippen LogP contribution in [0.1, 0.15) is 12.0 Å². The minimum Gasteiger partial charge on any atom is -0.478 e. The molecule has 7 heteroatoms. The maximum absolute atomic E-state index is 11.4. The van der Waals surface area contributed by atoms with Gasteiger partial charge in [-0.3, -0.25) is 4.79 Å². The van der Waals surface area contributed by atoms with Crippen molar-refractivity contribution in [2.24, 2.45) is 0 Å². The van der Waals surface area contributed by atoms with Crippen LogP contribution < -0.4 is 10.2 Å². The molecule has 0 atom stereocenters. The van der Waals surface area contributed by atoms with Gasteiger partial charge in [-0.25, -0.2) is 14.8 Å². The molecule has 0 aliphatic carbocycles. The summed E-state index contributed by atoms with van der Waals surface area (Å²) in [5.41, 5.74) is 0.602. The number of hydrogen-bond donors (Lipinski definition) is 2. The van der Waals surface area contributed by atoms with Crippen molar-refractivity contribution < 1.29 is 14.7 Å². The van der Waals surface area contributed by atoms with E-state index in [0.29, 0.717) is 24.6 Å². The number of rotatable bonds is 3. The number of aliphatic carboxylic acids is 1. The lowest BCUT2D eigenvalue weighted by molar-refractivity contribution is -0.131. The first-order valence-electron chi connectivity index (χ1n) is 5.90. The van der Waals surface area contributed by atoms with Crippen molar-refractivity contribution in [3.8, 4) is 0 Å². The average molecular weight is 262 g/mol. The van der Waals surface area contributed by atoms with Crippen molar-refractivity contribution in [2.45, 2.75) is 6.42 Å². The van der Waals surface area contributed by atoms with Gasteiger partial charge in [-0.05, 0) is 12.5 Å². The quantitative estimate of drug-likeness (QED) is 0.739. The number of amides is 1. The molecule has 1 saturated heterocycles. The minimum absolute atomic E-state index is 0.0454. The van der Waals surface area contributed by atoms with Gasteiger partial charge in [0.25, 0.3) is 0 Å². The monoisotopic (exact) mass is 262 g/mol. The van der Waals surface area contributed by atoms with E-state index in [1.165, 1.54) is 18.5 Å². The van der Waals surface area contributed by atoms with E-state index in [1.807, 2.05) is 0 Å². The first-order valence-corrected chi connectivity index (χ1v) is 5.90. The molecule has 2 N–H and O–H groups in total. The van der Waals surface area contributed by atoms with E-state index < -0.39 is 5.97 Å². The number of carboxylic acids is 1. The summed E-state index contributed by atoms with van der Waals surface area (Å²) in [6, 6.07) is 0. The maximum Gasteiger partial charge on any atom is 0.328 e. The Morgan fingerprint density at radius 1 is 1.42 bits per heavy atom. The van der Waals surface area contributed by atoms with Crippen LogP contribution in [0.4, 0.5) is 5.95 Å². The van der Waals surface area contributed by atoms with Gasteiger partial charge in [-0.1, -0.05) is 0 Å². The number of anilines is 1. The van der Waals surface area contributed by atoms with E-state index in [9.17, 15) is 9.59 Å². The van der Waals surface area contributed by atoms with Crippen LogP contribution in [0.25, 0.3) is 6.08 Å². The zero-order valence-corrected chi connectivity index (χ0v) is 10.2. The van der Waals surface area contributed by atoms with Gasteiger partial charge in [-0.2, -0.15) is 0 Å². The second kappa shape index (κ2) is 5.94. The van der Waals surface area contributed by atoms with Crippen molar-refractivity contribution >= 4 is 23.9 Å². The lowest BCUT2D eigenvalue weighted by Crippen LogP contribution is -2.34. The third-order valence-corrected chi connectivity index (χ3v) is 2.62. The summed E-state index contributed by atoms with van der Waals surface area (Å²) < 4.78 is 0. The molecule has 0 saturated carbocycles. The van der Waals surface area contributed by atoms with Gasteiger partial charge in [0, 0.05) is 37.1 Å². The van der Waals surface area contributed by atoms with Gasteiger partial charge < -0.3 is 15.3 Å². The number of nitrogens with zero attached hydrogens (tertiary/aromatic N) is 3. The molecule has 0 aromatic carbocycles. The van der Waals surface area contributed by atoms with Crippen LogP contribution in [-0.4, -0.2) is 46.6 Å². The predicted molar refractivity (Wildman–Crippen MR) is 68.5 cm³/mol. The first-order chi connectivity index (χ1) is 9.15. The molecule has 0 unspecified atom stereocenters. The van der Waals surface area contributed by atoms with Crippen LogP contribution in [-0.2, 0) is 9.59 Å². The van der Waals surface area contributed by atoms with Crippen molar-refractivity contribution in [3.63, 3.8) is 0 Å². The van der Waals surface area contributed by atoms with Crippen LogP contribution >= 0.6 is 0 Å². The van der Waals surface area contributed by atoms with Gasteiger partial charge >= 0.3 is 5.97 Å². The molecule has 19 heavy (non-hydrogen) atoms. The van der Waals surface area contributed by atoms with Gasteiger partial charge in [-0.15, -0.1) is 0 Å². The van der Waals surface area contributed by atoms with E-state index >= 15 is 0 Å². The second-order valence-corrected chi connectivity index (χ2v) is 4.11. The lowest BCUT2D eigenvalue weighted by atomic mass is 10.3. The number of nitrogens with one attached hydrogen (secondary N) is 1. The molecule has 0 bridgehead atoms. The second-order valence-electron chi connectivity index (χ2n) is 4.11. The van der Waals surface area contributed by atoms with Crippen molar-refractivity contribution in [1.82, 2.24) is 15.3 Å². The van der Waals surface area contributed by atoms with Crippen molar-refractivity contribution in [1.29, 1.82) is 0 Å². The zero-order valence-electron chi connectivity index (χ0n) is 10.2. The van der Waals surface area contributed by atoms with E-state index in [1.54, 1.807) is 4.90 Å². The Kier molecular flexibility index (Phi) is 4.07. The van der Waals surface area contributed by atoms with Crippen LogP contribution in [0.2, 0.25) is 0 Å². The fourth-order valence-corrected chi connectivity index (χ4v) is 1.72. The van der Waals surface area contributed by atoms with Gasteiger partial charge in [0.2, 0.25) is 11.9 Å². The topological polar surface area (TPSA) is 95.4 Å². The summed E-state index contributed by atoms with van der Waals surface area (Å²) in [5, 5.41) is 11.3. The zero-order chi connectivity index (χ0) is 13.7. The first kappa shape index (κ1) is 13.0. The lowest BCUT2D eigenvalue weighted by Gasteiger charge is -2.18. The third-order valence-electron chi connectivity index (χ3n) is 2.62. The van der Waals surface area contributed by atoms with Crippen LogP contribution in [0, 0.1) is 0 Å². The number of hydrogen-bond acceptors (Lipinski definition) is 5. The number of carbonyl (C=O) groups is 2. The van der Waals surface area contributed by atoms with E-state index in [-0.39, 0.29) is 12.5 Å². The van der Waals surface area contributed by atoms with E-state index in [0.717, 1.165) is 12.5 Å². The summed E-state index contributed by atoms with van der Waals surface area (Å²) in [4.78, 5) is 31.9. The summed E-state index contributed by atoms with van der Waals surface area (Å²) in [6.07, 6.45) is 6.35. The predicted octanol–water partition coefficient (Wildman–Crippen LogP) is -0.0993. The molecule has 1 amide bonds. The van der Waals surface area contributed by atoms with E-state index in [2.05, 4.69) is 15.3 Å². The molecule has 2 heterocycles. The highest BCUT2D eigenvalue weighted by Crippen LogP contribution is 2.09. The summed E-state index contributed by atoms with van der Waals surface area (Å²) >= 11 is 0. The molecule has 1 aliphatic heterocycles. The molecule has 1 aromatic heterocycles. The third kappa shape index (κ3) is 3.77. The highest BCUT2D eigenvalue weighted by atomic mass is 16.4. The Balaban J connectivity index is 2.08. The Labute approximate surface area is 110 Å². The molecule has 0 radical (unpaired) electrons. The highest BCUT2D eigenvalue weighted by Gasteiger charge is 2.16. The maximum atomic E-state index is 11.4. The molecule has 1 fully saturated rings.